The molecule has 0 N–H and O–H groups in total. The van der Waals surface area contributed by atoms with Crippen molar-refractivity contribution < 1.29 is 0 Å². The predicted octanol–water partition coefficient (Wildman–Crippen LogP) is 1.91. The Morgan fingerprint density at radius 2 is 2.00 bits per heavy atom. The monoisotopic (exact) mass is 142 g/mol. The molecule has 0 aromatic carbocycles. The molecule has 0 radical (unpaired) electrons. The van der Waals surface area contributed by atoms with E-state index in [0.29, 0.717) is 0 Å². The highest BCUT2D eigenvalue weighted by molar-refractivity contribution is 6.08. The summed E-state index contributed by atoms with van der Waals surface area (Å²) in [4.78, 5) is 0. The van der Waals surface area contributed by atoms with Gasteiger partial charge in [-0.3, -0.25) is 0 Å². The molecular weight excluding hydrogens is 124 g/mol. The van der Waals surface area contributed by atoms with E-state index in [4.69, 9.17) is 0 Å². The maximum atomic E-state index is 2.26. The second-order valence-electron chi connectivity index (χ2n) is 2.42. The van der Waals surface area contributed by atoms with Gasteiger partial charge in [0, 0.05) is 10.2 Å². The van der Waals surface area contributed by atoms with Crippen molar-refractivity contribution in [1.29, 1.82) is 0 Å². The minimum atomic E-state index is 1.29. The minimum Gasteiger partial charge on any atom is -0.0917 e. The summed E-state index contributed by atoms with van der Waals surface area (Å²) in [6.07, 6.45) is 9.98. The van der Waals surface area contributed by atoms with E-state index in [2.05, 4.69) is 19.1 Å². The standard InChI is InChI=1S/C8H18Si/c1-2-3-4-5-6-7-8-9/h2-3H,4-8H2,1,9H3/b3-2+. The molecule has 0 fully saturated rings. The van der Waals surface area contributed by atoms with Crippen LogP contribution < -0.4 is 0 Å². The average molecular weight is 142 g/mol. The van der Waals surface area contributed by atoms with Crippen molar-refractivity contribution in [3.05, 3.63) is 12.2 Å². The van der Waals surface area contributed by atoms with Crippen molar-refractivity contribution in [1.82, 2.24) is 0 Å². The van der Waals surface area contributed by atoms with E-state index in [1.165, 1.54) is 42.0 Å². The molecule has 0 heterocycles. The van der Waals surface area contributed by atoms with Crippen LogP contribution in [0.1, 0.15) is 32.6 Å². The third-order valence-corrected chi connectivity index (χ3v) is 2.17. The van der Waals surface area contributed by atoms with Gasteiger partial charge in [-0.25, -0.2) is 0 Å². The lowest BCUT2D eigenvalue weighted by atomic mass is 10.2. The first-order valence-corrected chi connectivity index (χ1v) is 5.44. The van der Waals surface area contributed by atoms with Crippen LogP contribution in [0.2, 0.25) is 6.04 Å². The Morgan fingerprint density at radius 3 is 2.56 bits per heavy atom. The predicted molar refractivity (Wildman–Crippen MR) is 48.0 cm³/mol. The molecule has 0 aromatic rings. The van der Waals surface area contributed by atoms with Crippen molar-refractivity contribution in [3.63, 3.8) is 0 Å². The van der Waals surface area contributed by atoms with Gasteiger partial charge in [-0.15, -0.1) is 0 Å². The van der Waals surface area contributed by atoms with Gasteiger partial charge in [-0.05, 0) is 19.8 Å². The van der Waals surface area contributed by atoms with Crippen LogP contribution in [-0.2, 0) is 0 Å². The second-order valence-corrected chi connectivity index (χ2v) is 3.42. The van der Waals surface area contributed by atoms with Gasteiger partial charge in [0.05, 0.1) is 0 Å². The fraction of sp³-hybridized carbons (Fsp3) is 0.750. The molecule has 0 saturated carbocycles. The smallest absolute Gasteiger partial charge is 0.00279 e. The highest BCUT2D eigenvalue weighted by Gasteiger charge is 1.82. The molecule has 0 saturated heterocycles. The van der Waals surface area contributed by atoms with E-state index in [0.717, 1.165) is 0 Å². The zero-order valence-corrected chi connectivity index (χ0v) is 8.69. The van der Waals surface area contributed by atoms with Gasteiger partial charge in [0.2, 0.25) is 0 Å². The topological polar surface area (TPSA) is 0 Å². The summed E-state index contributed by atoms with van der Waals surface area (Å²) >= 11 is 0. The summed E-state index contributed by atoms with van der Waals surface area (Å²) in [7, 11) is 1.39. The molecule has 0 aliphatic carbocycles. The van der Waals surface area contributed by atoms with E-state index >= 15 is 0 Å². The number of rotatable bonds is 5. The van der Waals surface area contributed by atoms with Crippen molar-refractivity contribution >= 4 is 10.2 Å². The van der Waals surface area contributed by atoms with Crippen LogP contribution in [0.15, 0.2) is 12.2 Å². The van der Waals surface area contributed by atoms with Gasteiger partial charge in [0.15, 0.2) is 0 Å². The van der Waals surface area contributed by atoms with Crippen molar-refractivity contribution in [2.45, 2.75) is 38.7 Å². The quantitative estimate of drug-likeness (QED) is 0.312. The first kappa shape index (κ1) is 8.96. The normalized spacial score (nSPS) is 11.2. The molecule has 0 nitrogen and oxygen atoms in total. The van der Waals surface area contributed by atoms with E-state index in [1.54, 1.807) is 0 Å². The molecule has 0 aromatic heterocycles. The van der Waals surface area contributed by atoms with E-state index in [1.807, 2.05) is 0 Å². The van der Waals surface area contributed by atoms with Gasteiger partial charge >= 0.3 is 0 Å². The molecule has 0 atom stereocenters. The van der Waals surface area contributed by atoms with Crippen molar-refractivity contribution in [2.75, 3.05) is 0 Å². The van der Waals surface area contributed by atoms with E-state index in [9.17, 15) is 0 Å². The molecule has 0 bridgehead atoms. The average Bonchev–Trinajstić information content (AvgIpc) is 1.89. The van der Waals surface area contributed by atoms with Crippen LogP contribution in [-0.4, -0.2) is 10.2 Å². The Bertz CT molecular complexity index is 67.0. The lowest BCUT2D eigenvalue weighted by Gasteiger charge is -1.92. The van der Waals surface area contributed by atoms with Crippen LogP contribution in [0, 0.1) is 0 Å². The van der Waals surface area contributed by atoms with Gasteiger partial charge in [-0.1, -0.05) is 31.0 Å². The Balaban J connectivity index is 2.75. The van der Waals surface area contributed by atoms with Crippen LogP contribution in [0.25, 0.3) is 0 Å². The summed E-state index contributed by atoms with van der Waals surface area (Å²) < 4.78 is 0. The Morgan fingerprint density at radius 1 is 1.22 bits per heavy atom. The molecule has 0 aliphatic heterocycles. The van der Waals surface area contributed by atoms with Crippen LogP contribution in [0.5, 0.6) is 0 Å². The lowest BCUT2D eigenvalue weighted by Crippen LogP contribution is -1.74. The van der Waals surface area contributed by atoms with Crippen molar-refractivity contribution in [3.8, 4) is 0 Å². The number of hydrogen-bond donors (Lipinski definition) is 0. The van der Waals surface area contributed by atoms with Gasteiger partial charge in [-0.2, -0.15) is 0 Å². The van der Waals surface area contributed by atoms with Gasteiger partial charge < -0.3 is 0 Å². The molecule has 0 aliphatic rings. The summed E-state index contributed by atoms with van der Waals surface area (Å²) in [5.41, 5.74) is 0. The fourth-order valence-electron chi connectivity index (χ4n) is 0.856. The Kier molecular flexibility index (Phi) is 7.92. The van der Waals surface area contributed by atoms with E-state index < -0.39 is 0 Å². The van der Waals surface area contributed by atoms with Gasteiger partial charge in [0.1, 0.15) is 0 Å². The molecule has 9 heavy (non-hydrogen) atoms. The SMILES string of the molecule is C/C=C/CCCCC[SiH3]. The summed E-state index contributed by atoms with van der Waals surface area (Å²) in [6.45, 7) is 2.09. The zero-order valence-electron chi connectivity index (χ0n) is 6.69. The highest BCUT2D eigenvalue weighted by Crippen LogP contribution is 2.01. The fourth-order valence-corrected chi connectivity index (χ4v) is 1.36. The summed E-state index contributed by atoms with van der Waals surface area (Å²) in [5, 5.41) is 0. The molecule has 1 heteroatoms. The first-order valence-electron chi connectivity index (χ1n) is 4.03. The minimum absolute atomic E-state index is 1.29. The largest absolute Gasteiger partial charge is 0.0917 e. The molecular formula is C8H18Si. The Labute approximate surface area is 61.8 Å². The molecule has 0 amide bonds. The highest BCUT2D eigenvalue weighted by atomic mass is 28.1. The summed E-state index contributed by atoms with van der Waals surface area (Å²) in [5.74, 6) is 0. The first-order chi connectivity index (χ1) is 4.41. The van der Waals surface area contributed by atoms with Crippen molar-refractivity contribution in [2.24, 2.45) is 0 Å². The number of allylic oxidation sites excluding steroid dienone is 2. The molecule has 0 spiro atoms. The molecule has 54 valence electrons. The van der Waals surface area contributed by atoms with Crippen LogP contribution in [0.3, 0.4) is 0 Å². The second kappa shape index (κ2) is 7.96. The maximum Gasteiger partial charge on any atom is 0.00279 e. The van der Waals surface area contributed by atoms with E-state index in [-0.39, 0.29) is 0 Å². The number of hydrogen-bond acceptors (Lipinski definition) is 0. The van der Waals surface area contributed by atoms with Crippen LogP contribution in [0.4, 0.5) is 0 Å². The third kappa shape index (κ3) is 7.96. The van der Waals surface area contributed by atoms with Gasteiger partial charge in [0.25, 0.3) is 0 Å². The number of unbranched alkanes of at least 4 members (excludes halogenated alkanes) is 3. The zero-order chi connectivity index (χ0) is 6.95. The third-order valence-electron chi connectivity index (χ3n) is 1.46. The van der Waals surface area contributed by atoms with Crippen LogP contribution >= 0.6 is 0 Å². The maximum absolute atomic E-state index is 2.26. The summed E-state index contributed by atoms with van der Waals surface area (Å²) in [6, 6.07) is 1.48. The Hall–Kier alpha value is -0.0431. The lowest BCUT2D eigenvalue weighted by molar-refractivity contribution is 0.728. The molecule has 0 rings (SSSR count). The molecule has 0 unspecified atom stereocenters.